The zero-order chi connectivity index (χ0) is 18.3. The second kappa shape index (κ2) is 6.26. The van der Waals surface area contributed by atoms with Gasteiger partial charge < -0.3 is 10.4 Å². The Hall–Kier alpha value is -2.64. The zero-order valence-corrected chi connectivity index (χ0v) is 15.2. The van der Waals surface area contributed by atoms with Gasteiger partial charge in [-0.3, -0.25) is 4.79 Å². The average molecular weight is 385 g/mol. The van der Waals surface area contributed by atoms with E-state index in [-0.39, 0.29) is 33.8 Å². The number of rotatable bonds is 3. The molecule has 3 aromatic rings. The molecule has 7 heteroatoms. The Bertz CT molecular complexity index is 1090. The van der Waals surface area contributed by atoms with Crippen molar-refractivity contribution in [1.29, 1.82) is 0 Å². The lowest BCUT2D eigenvalue weighted by molar-refractivity contribution is -0.116. The summed E-state index contributed by atoms with van der Waals surface area (Å²) in [6.07, 6.45) is 0.210. The number of phenols is 1. The molecule has 1 unspecified atom stereocenters. The van der Waals surface area contributed by atoms with E-state index in [9.17, 15) is 18.3 Å². The molecule has 1 aliphatic heterocycles. The maximum absolute atomic E-state index is 13.0. The minimum atomic E-state index is -3.73. The first kappa shape index (κ1) is 16.8. The molecule has 1 aromatic heterocycles. The number of carbonyl (C=O) groups excluding carboxylic acids is 1. The number of sulfone groups is 1. The molecule has 5 nitrogen and oxygen atoms in total. The zero-order valence-electron chi connectivity index (χ0n) is 13.5. The Kier molecular flexibility index (Phi) is 4.05. The first-order valence-electron chi connectivity index (χ1n) is 7.97. The quantitative estimate of drug-likeness (QED) is 0.719. The standard InChI is InChI=1S/C19H15NO4S2/c21-13-6-4-5-12(9-13)15-10-17(22)20-18-16(11-25-19(15)18)26(23,24)14-7-2-1-3-8-14/h1-9,11,15,21H,10H2,(H,20,22). The number of fused-ring (bicyclic) bond motifs is 1. The van der Waals surface area contributed by atoms with Crippen LogP contribution in [0.2, 0.25) is 0 Å². The van der Waals surface area contributed by atoms with Crippen LogP contribution in [0.3, 0.4) is 0 Å². The van der Waals surface area contributed by atoms with Gasteiger partial charge in [0, 0.05) is 22.6 Å². The van der Waals surface area contributed by atoms with Gasteiger partial charge >= 0.3 is 0 Å². The van der Waals surface area contributed by atoms with Crippen molar-refractivity contribution in [3.05, 3.63) is 70.4 Å². The molecule has 2 aromatic carbocycles. The summed E-state index contributed by atoms with van der Waals surface area (Å²) in [6, 6.07) is 14.9. The Morgan fingerprint density at radius 3 is 2.58 bits per heavy atom. The second-order valence-electron chi connectivity index (χ2n) is 6.06. The second-order valence-corrected chi connectivity index (χ2v) is 8.88. The minimum absolute atomic E-state index is 0.113. The normalized spacial score (nSPS) is 16.8. The van der Waals surface area contributed by atoms with E-state index in [1.165, 1.54) is 23.5 Å². The molecule has 0 bridgehead atoms. The molecular formula is C19H15NO4S2. The molecule has 0 saturated heterocycles. The molecule has 0 radical (unpaired) electrons. The summed E-state index contributed by atoms with van der Waals surface area (Å²) in [5.41, 5.74) is 1.13. The van der Waals surface area contributed by atoms with Gasteiger partial charge in [0.25, 0.3) is 0 Å². The number of hydrogen-bond acceptors (Lipinski definition) is 5. The third-order valence-corrected chi connectivity index (χ3v) is 7.41. The maximum atomic E-state index is 13.0. The molecule has 132 valence electrons. The van der Waals surface area contributed by atoms with Gasteiger partial charge in [0.1, 0.15) is 10.6 Å². The number of phenolic OH excluding ortho intramolecular Hbond substituents is 1. The van der Waals surface area contributed by atoms with Crippen molar-refractivity contribution in [2.75, 3.05) is 5.32 Å². The summed E-state index contributed by atoms with van der Waals surface area (Å²) in [4.78, 5) is 13.3. The maximum Gasteiger partial charge on any atom is 0.225 e. The van der Waals surface area contributed by atoms with Gasteiger partial charge in [-0.05, 0) is 29.8 Å². The topological polar surface area (TPSA) is 83.5 Å². The van der Waals surface area contributed by atoms with E-state index in [2.05, 4.69) is 5.32 Å². The highest BCUT2D eigenvalue weighted by Gasteiger charge is 2.34. The number of aromatic hydroxyl groups is 1. The van der Waals surface area contributed by atoms with Crippen LogP contribution in [0.25, 0.3) is 0 Å². The Morgan fingerprint density at radius 1 is 1.08 bits per heavy atom. The van der Waals surface area contributed by atoms with Crippen molar-refractivity contribution in [3.8, 4) is 5.75 Å². The van der Waals surface area contributed by atoms with Gasteiger partial charge in [0.05, 0.1) is 10.6 Å². The van der Waals surface area contributed by atoms with E-state index in [0.29, 0.717) is 5.69 Å². The fraction of sp³-hybridized carbons (Fsp3) is 0.105. The van der Waals surface area contributed by atoms with Crippen molar-refractivity contribution in [2.45, 2.75) is 22.1 Å². The van der Waals surface area contributed by atoms with Crippen LogP contribution in [0.4, 0.5) is 5.69 Å². The highest BCUT2D eigenvalue weighted by Crippen LogP contribution is 2.46. The summed E-state index contributed by atoms with van der Waals surface area (Å²) in [5, 5.41) is 14.1. The Labute approximate surface area is 154 Å². The third-order valence-electron chi connectivity index (χ3n) is 4.37. The lowest BCUT2D eigenvalue weighted by atomic mass is 9.90. The van der Waals surface area contributed by atoms with Gasteiger partial charge in [0.2, 0.25) is 15.7 Å². The van der Waals surface area contributed by atoms with E-state index in [0.717, 1.165) is 10.4 Å². The number of anilines is 1. The van der Waals surface area contributed by atoms with E-state index in [1.54, 1.807) is 41.8 Å². The molecule has 0 fully saturated rings. The number of thiophene rings is 1. The number of carbonyl (C=O) groups is 1. The fourth-order valence-electron chi connectivity index (χ4n) is 3.14. The lowest BCUT2D eigenvalue weighted by Gasteiger charge is -2.23. The number of hydrogen-bond donors (Lipinski definition) is 2. The average Bonchev–Trinajstić information content (AvgIpc) is 3.06. The summed E-state index contributed by atoms with van der Waals surface area (Å²) >= 11 is 1.31. The fourth-order valence-corrected chi connectivity index (χ4v) is 6.07. The Balaban J connectivity index is 1.85. The number of nitrogens with one attached hydrogen (secondary N) is 1. The SMILES string of the molecule is O=C1CC(c2cccc(O)c2)c2scc(S(=O)(=O)c3ccccc3)c2N1. The summed E-state index contributed by atoms with van der Waals surface area (Å²) in [6.45, 7) is 0. The van der Waals surface area contributed by atoms with Gasteiger partial charge in [0.15, 0.2) is 0 Å². The summed E-state index contributed by atoms with van der Waals surface area (Å²) in [5.74, 6) is -0.409. The summed E-state index contributed by atoms with van der Waals surface area (Å²) < 4.78 is 26.0. The molecule has 1 aliphatic rings. The van der Waals surface area contributed by atoms with Crippen LogP contribution in [0.5, 0.6) is 5.75 Å². The molecule has 0 aliphatic carbocycles. The monoisotopic (exact) mass is 385 g/mol. The first-order chi connectivity index (χ1) is 12.5. The molecule has 4 rings (SSSR count). The van der Waals surface area contributed by atoms with E-state index >= 15 is 0 Å². The van der Waals surface area contributed by atoms with Gasteiger partial charge in [-0.1, -0.05) is 30.3 Å². The molecule has 2 N–H and O–H groups in total. The van der Waals surface area contributed by atoms with Gasteiger partial charge in [-0.15, -0.1) is 11.3 Å². The van der Waals surface area contributed by atoms with Crippen LogP contribution in [-0.4, -0.2) is 19.4 Å². The highest BCUT2D eigenvalue weighted by molar-refractivity contribution is 7.91. The highest BCUT2D eigenvalue weighted by atomic mass is 32.2. The molecule has 0 saturated carbocycles. The van der Waals surface area contributed by atoms with Crippen LogP contribution in [0.15, 0.2) is 69.8 Å². The van der Waals surface area contributed by atoms with Crippen molar-refractivity contribution in [1.82, 2.24) is 0 Å². The molecule has 0 spiro atoms. The first-order valence-corrected chi connectivity index (χ1v) is 10.3. The van der Waals surface area contributed by atoms with Gasteiger partial charge in [-0.25, -0.2) is 8.42 Å². The predicted octanol–water partition coefficient (Wildman–Crippen LogP) is 3.76. The van der Waals surface area contributed by atoms with Crippen LogP contribution >= 0.6 is 11.3 Å². The molecule has 1 atom stereocenters. The van der Waals surface area contributed by atoms with Crippen molar-refractivity contribution in [3.63, 3.8) is 0 Å². The van der Waals surface area contributed by atoms with Crippen molar-refractivity contribution in [2.24, 2.45) is 0 Å². The van der Waals surface area contributed by atoms with Gasteiger partial charge in [-0.2, -0.15) is 0 Å². The number of benzene rings is 2. The van der Waals surface area contributed by atoms with Crippen molar-refractivity contribution < 1.29 is 18.3 Å². The largest absolute Gasteiger partial charge is 0.508 e. The van der Waals surface area contributed by atoms with Crippen LogP contribution in [0.1, 0.15) is 22.8 Å². The van der Waals surface area contributed by atoms with Crippen LogP contribution < -0.4 is 5.32 Å². The van der Waals surface area contributed by atoms with E-state index in [4.69, 9.17) is 0 Å². The molecule has 1 amide bonds. The Morgan fingerprint density at radius 2 is 1.85 bits per heavy atom. The van der Waals surface area contributed by atoms with E-state index in [1.807, 2.05) is 6.07 Å². The predicted molar refractivity (Wildman–Crippen MR) is 99.4 cm³/mol. The molecule has 2 heterocycles. The summed E-state index contributed by atoms with van der Waals surface area (Å²) in [7, 11) is -3.73. The third kappa shape index (κ3) is 2.79. The van der Waals surface area contributed by atoms with E-state index < -0.39 is 9.84 Å². The van der Waals surface area contributed by atoms with Crippen LogP contribution in [-0.2, 0) is 14.6 Å². The number of amides is 1. The van der Waals surface area contributed by atoms with Crippen LogP contribution in [0, 0.1) is 0 Å². The lowest BCUT2D eigenvalue weighted by Crippen LogP contribution is -2.23. The minimum Gasteiger partial charge on any atom is -0.508 e. The molecule has 26 heavy (non-hydrogen) atoms. The smallest absolute Gasteiger partial charge is 0.225 e. The molecular weight excluding hydrogens is 370 g/mol. The van der Waals surface area contributed by atoms with Crippen molar-refractivity contribution >= 4 is 32.8 Å².